The Morgan fingerprint density at radius 3 is 2.65 bits per heavy atom. The smallest absolute Gasteiger partial charge is 0.134 e. The van der Waals surface area contributed by atoms with Crippen LogP contribution in [-0.4, -0.2) is 13.2 Å². The fourth-order valence-electron chi connectivity index (χ4n) is 1.94. The lowest BCUT2D eigenvalue weighted by Gasteiger charge is -2.09. The number of hydrogen-bond acceptors (Lipinski definition) is 2. The van der Waals surface area contributed by atoms with Crippen molar-refractivity contribution in [3.05, 3.63) is 65.2 Å². The molecule has 2 heteroatoms. The summed E-state index contributed by atoms with van der Waals surface area (Å²) in [6.45, 7) is 3.04. The van der Waals surface area contributed by atoms with E-state index in [0.717, 1.165) is 17.7 Å². The SMILES string of the molecule is Cc1ccc(OCCc2ccccc2)c(C#CCN)c1. The second kappa shape index (κ2) is 7.37. The van der Waals surface area contributed by atoms with Crippen molar-refractivity contribution in [2.75, 3.05) is 13.2 Å². The normalized spacial score (nSPS) is 9.70. The van der Waals surface area contributed by atoms with Crippen molar-refractivity contribution in [1.82, 2.24) is 0 Å². The number of aryl methyl sites for hydroxylation is 1. The van der Waals surface area contributed by atoms with Crippen LogP contribution in [0.2, 0.25) is 0 Å². The van der Waals surface area contributed by atoms with E-state index in [-0.39, 0.29) is 0 Å². The van der Waals surface area contributed by atoms with Gasteiger partial charge in [0.05, 0.1) is 18.7 Å². The zero-order valence-electron chi connectivity index (χ0n) is 11.7. The minimum absolute atomic E-state index is 0.359. The minimum atomic E-state index is 0.359. The van der Waals surface area contributed by atoms with Crippen LogP contribution in [0.1, 0.15) is 16.7 Å². The molecule has 2 aromatic carbocycles. The highest BCUT2D eigenvalue weighted by Gasteiger charge is 2.02. The van der Waals surface area contributed by atoms with Crippen LogP contribution >= 0.6 is 0 Å². The van der Waals surface area contributed by atoms with E-state index in [1.54, 1.807) is 0 Å². The molecular weight excluding hydrogens is 246 g/mol. The van der Waals surface area contributed by atoms with Crippen LogP contribution < -0.4 is 10.5 Å². The van der Waals surface area contributed by atoms with Crippen molar-refractivity contribution in [2.24, 2.45) is 5.73 Å². The van der Waals surface area contributed by atoms with E-state index in [1.807, 2.05) is 43.3 Å². The highest BCUT2D eigenvalue weighted by molar-refractivity contribution is 5.48. The molecule has 0 atom stereocenters. The molecule has 0 aliphatic heterocycles. The van der Waals surface area contributed by atoms with Gasteiger partial charge in [-0.25, -0.2) is 0 Å². The van der Waals surface area contributed by atoms with Crippen molar-refractivity contribution >= 4 is 0 Å². The molecule has 2 nitrogen and oxygen atoms in total. The highest BCUT2D eigenvalue weighted by atomic mass is 16.5. The maximum atomic E-state index is 5.85. The average molecular weight is 265 g/mol. The van der Waals surface area contributed by atoms with Crippen molar-refractivity contribution in [3.8, 4) is 17.6 Å². The van der Waals surface area contributed by atoms with E-state index >= 15 is 0 Å². The van der Waals surface area contributed by atoms with Gasteiger partial charge >= 0.3 is 0 Å². The summed E-state index contributed by atoms with van der Waals surface area (Å²) < 4.78 is 5.85. The first-order valence-electron chi connectivity index (χ1n) is 6.76. The highest BCUT2D eigenvalue weighted by Crippen LogP contribution is 2.19. The van der Waals surface area contributed by atoms with Gasteiger partial charge < -0.3 is 10.5 Å². The predicted molar refractivity (Wildman–Crippen MR) is 82.8 cm³/mol. The van der Waals surface area contributed by atoms with Crippen LogP contribution in [0.4, 0.5) is 0 Å². The Balaban J connectivity index is 2.02. The summed E-state index contributed by atoms with van der Waals surface area (Å²) in [4.78, 5) is 0. The molecule has 0 fully saturated rings. The van der Waals surface area contributed by atoms with Gasteiger partial charge in [-0.3, -0.25) is 0 Å². The van der Waals surface area contributed by atoms with Crippen LogP contribution in [0.25, 0.3) is 0 Å². The molecule has 0 heterocycles. The maximum Gasteiger partial charge on any atom is 0.134 e. The van der Waals surface area contributed by atoms with Gasteiger partial charge in [-0.2, -0.15) is 0 Å². The first-order chi connectivity index (χ1) is 9.79. The van der Waals surface area contributed by atoms with E-state index in [4.69, 9.17) is 10.5 Å². The van der Waals surface area contributed by atoms with Crippen LogP contribution in [0.5, 0.6) is 5.75 Å². The van der Waals surface area contributed by atoms with E-state index in [0.29, 0.717) is 13.2 Å². The van der Waals surface area contributed by atoms with Gasteiger partial charge in [0.1, 0.15) is 5.75 Å². The Morgan fingerprint density at radius 2 is 1.90 bits per heavy atom. The van der Waals surface area contributed by atoms with E-state index < -0.39 is 0 Å². The Kier molecular flexibility index (Phi) is 5.23. The Bertz CT molecular complexity index is 608. The van der Waals surface area contributed by atoms with Crippen molar-refractivity contribution in [2.45, 2.75) is 13.3 Å². The molecule has 0 aliphatic carbocycles. The molecule has 2 N–H and O–H groups in total. The largest absolute Gasteiger partial charge is 0.492 e. The number of benzene rings is 2. The molecule has 0 aliphatic rings. The van der Waals surface area contributed by atoms with Gasteiger partial charge in [0, 0.05) is 6.42 Å². The Hall–Kier alpha value is -2.24. The van der Waals surface area contributed by atoms with Crippen LogP contribution in [0, 0.1) is 18.8 Å². The molecule has 0 aromatic heterocycles. The number of nitrogens with two attached hydrogens (primary N) is 1. The first-order valence-corrected chi connectivity index (χ1v) is 6.76. The standard InChI is InChI=1S/C18H19NO/c1-15-9-10-18(17(14-15)8-5-12-19)20-13-11-16-6-3-2-4-7-16/h2-4,6-7,9-10,14H,11-13,19H2,1H3. The molecule has 0 saturated heterocycles. The molecule has 0 amide bonds. The number of hydrogen-bond donors (Lipinski definition) is 1. The topological polar surface area (TPSA) is 35.2 Å². The monoisotopic (exact) mass is 265 g/mol. The quantitative estimate of drug-likeness (QED) is 0.863. The van der Waals surface area contributed by atoms with Gasteiger partial charge in [-0.05, 0) is 30.2 Å². The lowest BCUT2D eigenvalue weighted by atomic mass is 10.1. The molecule has 2 rings (SSSR count). The summed E-state index contributed by atoms with van der Waals surface area (Å²) in [5, 5.41) is 0. The van der Waals surface area contributed by atoms with Crippen LogP contribution in [0.3, 0.4) is 0 Å². The molecule has 102 valence electrons. The van der Waals surface area contributed by atoms with E-state index in [1.165, 1.54) is 11.1 Å². The summed E-state index contributed by atoms with van der Waals surface area (Å²) in [5.74, 6) is 6.77. The number of rotatable bonds is 4. The second-order valence-electron chi connectivity index (χ2n) is 4.59. The van der Waals surface area contributed by atoms with E-state index in [2.05, 4.69) is 24.0 Å². The average Bonchev–Trinajstić information content (AvgIpc) is 2.48. The zero-order chi connectivity index (χ0) is 14.2. The number of ether oxygens (including phenoxy) is 1. The summed E-state index contributed by atoms with van der Waals surface area (Å²) in [5.41, 5.74) is 8.77. The third-order valence-electron chi connectivity index (χ3n) is 2.95. The molecule has 0 bridgehead atoms. The lowest BCUT2D eigenvalue weighted by Crippen LogP contribution is -2.03. The van der Waals surface area contributed by atoms with Crippen molar-refractivity contribution < 1.29 is 4.74 Å². The van der Waals surface area contributed by atoms with E-state index in [9.17, 15) is 0 Å². The van der Waals surface area contributed by atoms with Gasteiger partial charge in [0.15, 0.2) is 0 Å². The summed E-state index contributed by atoms with van der Waals surface area (Å²) in [7, 11) is 0. The summed E-state index contributed by atoms with van der Waals surface area (Å²) in [6, 6.07) is 16.3. The van der Waals surface area contributed by atoms with Gasteiger partial charge in [-0.15, -0.1) is 0 Å². The maximum absolute atomic E-state index is 5.85. The van der Waals surface area contributed by atoms with Crippen LogP contribution in [0.15, 0.2) is 48.5 Å². The van der Waals surface area contributed by atoms with Gasteiger partial charge in [0.2, 0.25) is 0 Å². The molecule has 0 radical (unpaired) electrons. The van der Waals surface area contributed by atoms with Gasteiger partial charge in [0.25, 0.3) is 0 Å². The van der Waals surface area contributed by atoms with Crippen molar-refractivity contribution in [1.29, 1.82) is 0 Å². The lowest BCUT2D eigenvalue weighted by molar-refractivity contribution is 0.321. The zero-order valence-corrected chi connectivity index (χ0v) is 11.7. The predicted octanol–water partition coefficient (Wildman–Crippen LogP) is 2.93. The van der Waals surface area contributed by atoms with Crippen LogP contribution in [-0.2, 0) is 6.42 Å². The Morgan fingerprint density at radius 1 is 1.10 bits per heavy atom. The fourth-order valence-corrected chi connectivity index (χ4v) is 1.94. The third kappa shape index (κ3) is 4.15. The third-order valence-corrected chi connectivity index (χ3v) is 2.95. The molecule has 0 spiro atoms. The summed E-state index contributed by atoms with van der Waals surface area (Å²) >= 11 is 0. The summed E-state index contributed by atoms with van der Waals surface area (Å²) in [6.07, 6.45) is 0.887. The fraction of sp³-hybridized carbons (Fsp3) is 0.222. The molecule has 0 saturated carbocycles. The molecule has 20 heavy (non-hydrogen) atoms. The first kappa shape index (κ1) is 14.2. The molecule has 2 aromatic rings. The molecular formula is C18H19NO. The Labute approximate surface area is 120 Å². The minimum Gasteiger partial charge on any atom is -0.492 e. The second-order valence-corrected chi connectivity index (χ2v) is 4.59. The van der Waals surface area contributed by atoms with Gasteiger partial charge in [-0.1, -0.05) is 48.2 Å². The van der Waals surface area contributed by atoms with Crippen molar-refractivity contribution in [3.63, 3.8) is 0 Å². The molecule has 0 unspecified atom stereocenters.